The molecule has 1 unspecified atom stereocenters. The van der Waals surface area contributed by atoms with E-state index in [1.165, 1.54) is 120 Å². The minimum atomic E-state index is -1.42. The molecule has 0 aliphatic heterocycles. The van der Waals surface area contributed by atoms with E-state index in [1.807, 2.05) is 231 Å². The fraction of sp³-hybridized carbons (Fsp3) is 0.273. The van der Waals surface area contributed by atoms with E-state index in [9.17, 15) is 0 Å². The van der Waals surface area contributed by atoms with Gasteiger partial charge >= 0.3 is 0 Å². The summed E-state index contributed by atoms with van der Waals surface area (Å²) in [6, 6.07) is 122. The van der Waals surface area contributed by atoms with Crippen molar-refractivity contribution in [2.24, 2.45) is 5.41 Å². The van der Waals surface area contributed by atoms with Crippen molar-refractivity contribution in [1.29, 1.82) is 0 Å². The number of rotatable bonds is 25. The van der Waals surface area contributed by atoms with Crippen molar-refractivity contribution >= 4 is 53.0 Å². The summed E-state index contributed by atoms with van der Waals surface area (Å²) >= 11 is 0. The van der Waals surface area contributed by atoms with E-state index < -0.39 is 32.3 Å². The van der Waals surface area contributed by atoms with E-state index in [0.717, 1.165) is 90.1 Å². The van der Waals surface area contributed by atoms with Crippen molar-refractivity contribution in [1.82, 2.24) is 39.9 Å². The number of hydrogen-bond donors (Lipinski definition) is 0. The van der Waals surface area contributed by atoms with Gasteiger partial charge in [-0.15, -0.1) is 287 Å². The molecule has 0 aliphatic rings. The molecular formula is C121H138Ir4N8Si4-8. The molecule has 8 aromatic heterocycles. The zero-order valence-corrected chi connectivity index (χ0v) is 97.4. The van der Waals surface area contributed by atoms with Gasteiger partial charge in [0, 0.05) is 130 Å². The van der Waals surface area contributed by atoms with E-state index in [0.29, 0.717) is 5.92 Å². The fourth-order valence-corrected chi connectivity index (χ4v) is 21.3. The molecule has 4 radical (unpaired) electrons. The first-order chi connectivity index (χ1) is 64.0. The largest absolute Gasteiger partial charge is 0.305 e. The molecule has 8 heterocycles. The molecule has 16 rings (SSSR count). The summed E-state index contributed by atoms with van der Waals surface area (Å²) in [5.41, 5.74) is 22.8. The minimum Gasteiger partial charge on any atom is -0.305 e. The topological polar surface area (TPSA) is 103 Å². The van der Waals surface area contributed by atoms with Gasteiger partial charge in [-0.25, -0.2) is 0 Å². The predicted octanol–water partition coefficient (Wildman–Crippen LogP) is 29.9. The van der Waals surface area contributed by atoms with Crippen LogP contribution in [0.15, 0.2) is 341 Å². The average Bonchev–Trinajstić information content (AvgIpc) is 0.771. The van der Waals surface area contributed by atoms with Crippen LogP contribution in [0.25, 0.3) is 90.1 Å². The molecule has 16 aromatic rings. The summed E-state index contributed by atoms with van der Waals surface area (Å²) in [4.78, 5) is 35.7. The number of pyridine rings is 8. The Kier molecular flexibility index (Phi) is 53.2. The molecule has 0 N–H and O–H groups in total. The van der Waals surface area contributed by atoms with Crippen molar-refractivity contribution in [3.8, 4) is 90.1 Å². The van der Waals surface area contributed by atoms with Crippen molar-refractivity contribution < 1.29 is 80.4 Å². The number of hydrogen-bond acceptors (Lipinski definition) is 8. The summed E-state index contributed by atoms with van der Waals surface area (Å²) < 4.78 is 0. The van der Waals surface area contributed by atoms with Gasteiger partial charge in [0.05, 0.1) is 32.3 Å². The predicted molar refractivity (Wildman–Crippen MR) is 578 cm³/mol. The van der Waals surface area contributed by atoms with E-state index in [1.54, 1.807) is 24.8 Å². The van der Waals surface area contributed by atoms with Crippen LogP contribution in [0, 0.1) is 53.9 Å². The number of nitrogens with zero attached hydrogens (tertiary/aromatic N) is 8. The van der Waals surface area contributed by atoms with Crippen LogP contribution in [0.3, 0.4) is 0 Å². The second-order valence-corrected chi connectivity index (χ2v) is 58.5. The smallest absolute Gasteiger partial charge is 0.0799 e. The molecule has 8 aromatic carbocycles. The van der Waals surface area contributed by atoms with Crippen LogP contribution in [-0.4, -0.2) is 72.2 Å². The summed E-state index contributed by atoms with van der Waals surface area (Å²) in [6.07, 6.45) is 30.8. The summed E-state index contributed by atoms with van der Waals surface area (Å²) in [6.45, 7) is 44.9. The van der Waals surface area contributed by atoms with E-state index in [-0.39, 0.29) is 85.8 Å². The van der Waals surface area contributed by atoms with Gasteiger partial charge in [-0.1, -0.05) is 261 Å². The first-order valence-electron chi connectivity index (χ1n) is 47.4. The van der Waals surface area contributed by atoms with Gasteiger partial charge in [0.25, 0.3) is 0 Å². The third kappa shape index (κ3) is 40.7. The number of benzene rings is 8. The van der Waals surface area contributed by atoms with Crippen LogP contribution in [0.1, 0.15) is 134 Å². The molecule has 1 atom stereocenters. The van der Waals surface area contributed by atoms with Gasteiger partial charge < -0.3 is 39.9 Å². The number of aryl methyl sites for hydroxylation is 3. The second-order valence-electron chi connectivity index (χ2n) is 38.4. The summed E-state index contributed by atoms with van der Waals surface area (Å²) in [5, 5.41) is 6.02. The maximum Gasteiger partial charge on any atom is 0.0799 e. The molecule has 0 saturated carbocycles. The SMILES string of the molecule is CC(c1cc(-c2[c-]cccc2)ncc1[Si](C)(C)C)C(C)(C)C.CCCCCCc1cc(-c2[c-]cccc2)ncc1[Si](C)(C)C.CCCCCc1cc(-c2[c-]cccc2)ncc1[Si](C)(C)C.CCCCc1cc(-c2[c-]cccc2)ncc1[Si](C)(C)C.[Ir].[Ir].[Ir].[Ir].[c-]1ccccc1-c1ccccn1.[c-]1ccccc1-c1ccccn1.[c-]1ccccc1-c1ccccn1.[c-]1ccccc1-c1ccccn1. The van der Waals surface area contributed by atoms with Crippen LogP contribution in [0.2, 0.25) is 78.6 Å². The second kappa shape index (κ2) is 61.8. The van der Waals surface area contributed by atoms with Crippen LogP contribution < -0.4 is 20.7 Å². The summed E-state index contributed by atoms with van der Waals surface area (Å²) in [5.74, 6) is 0.500. The van der Waals surface area contributed by atoms with E-state index in [4.69, 9.17) is 15.0 Å². The molecule has 0 amide bonds. The summed E-state index contributed by atoms with van der Waals surface area (Å²) in [7, 11) is -5.42. The molecular weight excluding hydrogens is 2450 g/mol. The van der Waals surface area contributed by atoms with Crippen molar-refractivity contribution in [2.75, 3.05) is 0 Å². The fourth-order valence-electron chi connectivity index (χ4n) is 14.8. The number of aromatic nitrogens is 8. The number of unbranched alkanes of at least 4 members (excludes halogenated alkanes) is 6. The monoisotopic (exact) mass is 2590 g/mol. The zero-order valence-electron chi connectivity index (χ0n) is 83.8. The van der Waals surface area contributed by atoms with Gasteiger partial charge in [-0.2, -0.15) is 0 Å². The van der Waals surface area contributed by atoms with Gasteiger partial charge in [-0.05, 0) is 140 Å². The van der Waals surface area contributed by atoms with Gasteiger partial charge in [0.2, 0.25) is 0 Å². The standard InChI is InChI=1S/2C20H28NSi.C19H26NSi.C18H24NSi.4C11H8N.4Ir/c1-15(20(2,3)4)17-13-18(16-11-9-8-10-12-16)21-14-19(17)22(5,6)7;1-5-6-7-9-14-18-15-19(17-12-10-8-11-13-17)21-16-20(18)22(2,3)4;1-5-6-8-13-17-14-18(16-11-9-7-10-12-16)20-15-19(17)21(2,3)4;1-5-6-10-16-13-17(15-11-8-7-9-12-15)19-14-18(16)20(2,3)4;4*1-2-6-10(7-3-1)11-8-4-5-9-12-11;;;;/h8-11,13-15H,1-7H3;8,10-12,15-16H,5-7,9,14H2,1-4H3;7,9-11,14-15H,5-6,8,13H2,1-4H3;7-9,11,13-14H,5-6,10H2,1-4H3;4*1-6,8-9H;;;;/q8*-1;;;;. The van der Waals surface area contributed by atoms with Gasteiger partial charge in [-0.3, -0.25) is 0 Å². The van der Waals surface area contributed by atoms with Crippen molar-refractivity contribution in [3.05, 3.63) is 412 Å². The van der Waals surface area contributed by atoms with E-state index >= 15 is 0 Å². The molecule has 0 bridgehead atoms. The van der Waals surface area contributed by atoms with E-state index in [2.05, 4.69) is 286 Å². The minimum absolute atomic E-state index is 0. The molecule has 8 nitrogen and oxygen atoms in total. The third-order valence-electron chi connectivity index (χ3n) is 22.6. The van der Waals surface area contributed by atoms with Crippen LogP contribution in [0.4, 0.5) is 0 Å². The first-order valence-corrected chi connectivity index (χ1v) is 61.4. The Morgan fingerprint density at radius 3 is 0.664 bits per heavy atom. The molecule has 0 spiro atoms. The normalized spacial score (nSPS) is 11.0. The quantitative estimate of drug-likeness (QED) is 0.0317. The molecule has 0 aliphatic carbocycles. The molecule has 0 fully saturated rings. The molecule has 0 saturated heterocycles. The average molecular weight is 2590 g/mol. The molecule has 722 valence electrons. The molecule has 137 heavy (non-hydrogen) atoms. The Morgan fingerprint density at radius 2 is 0.453 bits per heavy atom. The maximum absolute atomic E-state index is 4.74. The van der Waals surface area contributed by atoms with Crippen LogP contribution in [0.5, 0.6) is 0 Å². The zero-order chi connectivity index (χ0) is 95.3. The Morgan fingerprint density at radius 1 is 0.241 bits per heavy atom. The third-order valence-corrected chi connectivity index (χ3v) is 30.8. The molecule has 16 heteroatoms. The Labute approximate surface area is 882 Å². The Balaban J connectivity index is 0.000000279. The van der Waals surface area contributed by atoms with Crippen LogP contribution in [-0.2, 0) is 99.7 Å². The van der Waals surface area contributed by atoms with Crippen molar-refractivity contribution in [2.45, 2.75) is 210 Å². The first kappa shape index (κ1) is 118. The van der Waals surface area contributed by atoms with Crippen molar-refractivity contribution in [3.63, 3.8) is 0 Å². The Hall–Kier alpha value is -9.58. The van der Waals surface area contributed by atoms with Gasteiger partial charge in [0.15, 0.2) is 0 Å². The Bertz CT molecular complexity index is 5480. The maximum atomic E-state index is 4.74. The van der Waals surface area contributed by atoms with Gasteiger partial charge in [0.1, 0.15) is 0 Å². The van der Waals surface area contributed by atoms with Crippen LogP contribution >= 0.6 is 0 Å².